The third-order valence-corrected chi connectivity index (χ3v) is 2.75. The second-order valence-electron chi connectivity index (χ2n) is 5.32. The van der Waals surface area contributed by atoms with Crippen molar-refractivity contribution < 1.29 is 15.0 Å². The second-order valence-corrected chi connectivity index (χ2v) is 5.32. The van der Waals surface area contributed by atoms with Crippen molar-refractivity contribution in [2.24, 2.45) is 0 Å². The topological polar surface area (TPSA) is 64.0 Å². The maximum absolute atomic E-state index is 12.0. The van der Waals surface area contributed by atoms with Gasteiger partial charge in [0.05, 0.1) is 6.10 Å². The molecular formula is C11H22N2O3. The second kappa shape index (κ2) is 4.69. The molecule has 1 aliphatic heterocycles. The van der Waals surface area contributed by atoms with Gasteiger partial charge in [-0.1, -0.05) is 0 Å². The monoisotopic (exact) mass is 230 g/mol. The van der Waals surface area contributed by atoms with Crippen molar-refractivity contribution in [3.63, 3.8) is 0 Å². The highest BCUT2D eigenvalue weighted by molar-refractivity contribution is 5.84. The van der Waals surface area contributed by atoms with Gasteiger partial charge in [-0.2, -0.15) is 0 Å². The molecule has 1 aliphatic rings. The third-order valence-electron chi connectivity index (χ3n) is 2.75. The van der Waals surface area contributed by atoms with Crippen LogP contribution in [0.25, 0.3) is 0 Å². The van der Waals surface area contributed by atoms with Crippen LogP contribution < -0.4 is 0 Å². The molecule has 2 atom stereocenters. The Morgan fingerprint density at radius 1 is 1.50 bits per heavy atom. The van der Waals surface area contributed by atoms with Gasteiger partial charge in [0.15, 0.2) is 0 Å². The largest absolute Gasteiger partial charge is 0.391 e. The molecule has 1 amide bonds. The average molecular weight is 230 g/mol. The van der Waals surface area contributed by atoms with Gasteiger partial charge < -0.3 is 20.0 Å². The summed E-state index contributed by atoms with van der Waals surface area (Å²) in [5.41, 5.74) is -1.37. The predicted octanol–water partition coefficient (Wildman–Crippen LogP) is -0.719. The van der Waals surface area contributed by atoms with Gasteiger partial charge in [0.1, 0.15) is 5.60 Å². The molecular weight excluding hydrogens is 208 g/mol. The van der Waals surface area contributed by atoms with Gasteiger partial charge in [0.2, 0.25) is 0 Å². The molecule has 5 nitrogen and oxygen atoms in total. The zero-order valence-corrected chi connectivity index (χ0v) is 10.5. The minimum Gasteiger partial charge on any atom is -0.391 e. The number of carbonyl (C=O) groups excluding carboxylic acids is 1. The number of aliphatic hydroxyl groups is 2. The van der Waals surface area contributed by atoms with E-state index < -0.39 is 11.7 Å². The number of amides is 1. The summed E-state index contributed by atoms with van der Waals surface area (Å²) in [6, 6.07) is -0.0103. The van der Waals surface area contributed by atoms with Gasteiger partial charge in [0, 0.05) is 19.1 Å². The quantitative estimate of drug-likeness (QED) is 0.671. The van der Waals surface area contributed by atoms with Crippen LogP contribution in [0.2, 0.25) is 0 Å². The fourth-order valence-electron chi connectivity index (χ4n) is 2.09. The first kappa shape index (κ1) is 13.4. The highest BCUT2D eigenvalue weighted by atomic mass is 16.3. The Morgan fingerprint density at radius 3 is 2.50 bits per heavy atom. The summed E-state index contributed by atoms with van der Waals surface area (Å²) >= 11 is 0. The van der Waals surface area contributed by atoms with Crippen LogP contribution in [-0.2, 0) is 4.79 Å². The molecule has 0 radical (unpaired) electrons. The number of nitrogens with zero attached hydrogens (tertiary/aromatic N) is 2. The number of aliphatic hydroxyl groups excluding tert-OH is 1. The molecule has 0 aromatic carbocycles. The summed E-state index contributed by atoms with van der Waals surface area (Å²) in [5.74, 6) is -0.309. The number of hydrogen-bond donors (Lipinski definition) is 2. The number of β-amino-alcohol motifs (C(OH)–C–C–N with tert-alkyl or cyclic N) is 1. The van der Waals surface area contributed by atoms with E-state index in [1.165, 1.54) is 13.8 Å². The molecule has 16 heavy (non-hydrogen) atoms. The molecule has 0 aliphatic carbocycles. The number of rotatable bonds is 3. The number of likely N-dealkylation sites (tertiary alicyclic amines) is 1. The van der Waals surface area contributed by atoms with Gasteiger partial charge in [-0.05, 0) is 34.4 Å². The minimum absolute atomic E-state index is 0.0103. The summed E-state index contributed by atoms with van der Waals surface area (Å²) in [6.45, 7) is 3.99. The Morgan fingerprint density at radius 2 is 2.06 bits per heavy atom. The fourth-order valence-corrected chi connectivity index (χ4v) is 2.09. The van der Waals surface area contributed by atoms with Crippen LogP contribution in [0.3, 0.4) is 0 Å². The summed E-state index contributed by atoms with van der Waals surface area (Å²) < 4.78 is 0. The molecule has 1 fully saturated rings. The molecule has 1 heterocycles. The van der Waals surface area contributed by atoms with Crippen molar-refractivity contribution >= 4 is 5.91 Å². The van der Waals surface area contributed by atoms with Gasteiger partial charge in [-0.15, -0.1) is 0 Å². The summed E-state index contributed by atoms with van der Waals surface area (Å²) in [4.78, 5) is 15.5. The van der Waals surface area contributed by atoms with E-state index in [1.807, 2.05) is 19.0 Å². The van der Waals surface area contributed by atoms with Crippen LogP contribution in [-0.4, -0.2) is 70.9 Å². The van der Waals surface area contributed by atoms with E-state index in [0.717, 1.165) is 0 Å². The number of carbonyl (C=O) groups is 1. The van der Waals surface area contributed by atoms with E-state index in [2.05, 4.69) is 0 Å². The van der Waals surface area contributed by atoms with Crippen molar-refractivity contribution in [3.8, 4) is 0 Å². The van der Waals surface area contributed by atoms with E-state index in [4.69, 9.17) is 0 Å². The first-order chi connectivity index (χ1) is 7.21. The Hall–Kier alpha value is -0.650. The van der Waals surface area contributed by atoms with Crippen LogP contribution in [0.15, 0.2) is 0 Å². The molecule has 0 aromatic heterocycles. The number of hydrogen-bond acceptors (Lipinski definition) is 4. The van der Waals surface area contributed by atoms with Gasteiger partial charge in [-0.3, -0.25) is 4.79 Å². The predicted molar refractivity (Wildman–Crippen MR) is 61.0 cm³/mol. The molecule has 94 valence electrons. The summed E-state index contributed by atoms with van der Waals surface area (Å²) in [5, 5.41) is 19.3. The van der Waals surface area contributed by atoms with Crippen molar-refractivity contribution in [2.45, 2.75) is 38.0 Å². The Labute approximate surface area is 96.7 Å². The normalized spacial score (nSPS) is 26.6. The van der Waals surface area contributed by atoms with Gasteiger partial charge in [0.25, 0.3) is 5.91 Å². The molecule has 2 N–H and O–H groups in total. The molecule has 1 rings (SSSR count). The zero-order valence-electron chi connectivity index (χ0n) is 10.5. The minimum atomic E-state index is -1.37. The maximum Gasteiger partial charge on any atom is 0.254 e. The van der Waals surface area contributed by atoms with Crippen molar-refractivity contribution in [2.75, 3.05) is 27.2 Å². The van der Waals surface area contributed by atoms with Crippen LogP contribution in [0.4, 0.5) is 0 Å². The van der Waals surface area contributed by atoms with Gasteiger partial charge >= 0.3 is 0 Å². The molecule has 1 saturated heterocycles. The number of likely N-dealkylation sites (N-methyl/N-ethyl adjacent to an activating group) is 1. The Kier molecular flexibility index (Phi) is 3.93. The first-order valence-electron chi connectivity index (χ1n) is 5.58. The maximum atomic E-state index is 12.0. The van der Waals surface area contributed by atoms with E-state index in [1.54, 1.807) is 4.90 Å². The van der Waals surface area contributed by atoms with Crippen molar-refractivity contribution in [1.82, 2.24) is 9.80 Å². The van der Waals surface area contributed by atoms with Crippen molar-refractivity contribution in [1.29, 1.82) is 0 Å². The first-order valence-corrected chi connectivity index (χ1v) is 5.58. The molecule has 0 bridgehead atoms. The lowest BCUT2D eigenvalue weighted by atomic mass is 10.1. The Bertz CT molecular complexity index is 260. The van der Waals surface area contributed by atoms with Crippen LogP contribution in [0, 0.1) is 0 Å². The summed E-state index contributed by atoms with van der Waals surface area (Å²) in [6.07, 6.45) is 0.108. The van der Waals surface area contributed by atoms with E-state index >= 15 is 0 Å². The standard InChI is InChI=1S/C11H22N2O3/c1-11(2,16)10(15)13-7-9(14)5-8(13)6-12(3)4/h8-9,14,16H,5-7H2,1-4H3. The highest BCUT2D eigenvalue weighted by Crippen LogP contribution is 2.22. The lowest BCUT2D eigenvalue weighted by Crippen LogP contribution is -2.50. The molecule has 2 unspecified atom stereocenters. The van der Waals surface area contributed by atoms with E-state index in [0.29, 0.717) is 19.5 Å². The average Bonchev–Trinajstić information content (AvgIpc) is 2.42. The summed E-state index contributed by atoms with van der Waals surface area (Å²) in [7, 11) is 3.86. The van der Waals surface area contributed by atoms with E-state index in [9.17, 15) is 15.0 Å². The third kappa shape index (κ3) is 3.17. The van der Waals surface area contributed by atoms with Crippen LogP contribution in [0.1, 0.15) is 20.3 Å². The molecule has 0 saturated carbocycles. The fraction of sp³-hybridized carbons (Fsp3) is 0.909. The smallest absolute Gasteiger partial charge is 0.254 e. The molecule has 5 heteroatoms. The Balaban J connectivity index is 2.73. The lowest BCUT2D eigenvalue weighted by molar-refractivity contribution is -0.149. The van der Waals surface area contributed by atoms with Gasteiger partial charge in [-0.25, -0.2) is 0 Å². The van der Waals surface area contributed by atoms with Crippen molar-refractivity contribution in [3.05, 3.63) is 0 Å². The highest BCUT2D eigenvalue weighted by Gasteiger charge is 2.39. The SMILES string of the molecule is CN(C)CC1CC(O)CN1C(=O)C(C)(C)O. The van der Waals surface area contributed by atoms with E-state index in [-0.39, 0.29) is 11.9 Å². The van der Waals surface area contributed by atoms with Crippen LogP contribution >= 0.6 is 0 Å². The molecule has 0 aromatic rings. The molecule has 0 spiro atoms. The zero-order chi connectivity index (χ0) is 12.5. The lowest BCUT2D eigenvalue weighted by Gasteiger charge is -2.31. The van der Waals surface area contributed by atoms with Crippen LogP contribution in [0.5, 0.6) is 0 Å².